The number of hydrogen-bond acceptors (Lipinski definition) is 7. The number of fused-ring (bicyclic) bond motifs is 4. The number of rotatable bonds is 4. The lowest BCUT2D eigenvalue weighted by Gasteiger charge is -2.35. The van der Waals surface area contributed by atoms with Gasteiger partial charge in [0, 0.05) is 17.5 Å². The second kappa shape index (κ2) is 7.47. The van der Waals surface area contributed by atoms with Gasteiger partial charge in [-0.25, -0.2) is 0 Å². The maximum absolute atomic E-state index is 11.3. The van der Waals surface area contributed by atoms with Gasteiger partial charge in [0.2, 0.25) is 18.3 Å². The summed E-state index contributed by atoms with van der Waals surface area (Å²) in [6.45, 7) is 4.04. The van der Waals surface area contributed by atoms with Crippen molar-refractivity contribution >= 4 is 0 Å². The molecule has 1 heterocycles. The van der Waals surface area contributed by atoms with Crippen molar-refractivity contribution in [2.24, 2.45) is 5.92 Å². The van der Waals surface area contributed by atoms with Gasteiger partial charge in [0.05, 0.1) is 34.0 Å². The Balaban J connectivity index is 2.14. The second-order valence-corrected chi connectivity index (χ2v) is 8.00. The zero-order valence-electron chi connectivity index (χ0n) is 18.3. The van der Waals surface area contributed by atoms with Crippen molar-refractivity contribution in [2.75, 3.05) is 35.2 Å². The number of ether oxygens (including phenoxy) is 6. The molecule has 7 heteroatoms. The average molecular weight is 416 g/mol. The van der Waals surface area contributed by atoms with Gasteiger partial charge in [0.1, 0.15) is 0 Å². The van der Waals surface area contributed by atoms with E-state index in [-0.39, 0.29) is 12.7 Å². The molecule has 0 saturated carbocycles. The Morgan fingerprint density at radius 3 is 2.20 bits per heavy atom. The number of methoxy groups -OCH3 is 4. The Bertz CT molecular complexity index is 980. The van der Waals surface area contributed by atoms with E-state index in [0.717, 1.165) is 22.3 Å². The fourth-order valence-corrected chi connectivity index (χ4v) is 4.42. The van der Waals surface area contributed by atoms with Crippen LogP contribution in [-0.2, 0) is 12.8 Å². The predicted octanol–water partition coefficient (Wildman–Crippen LogP) is 3.60. The molecule has 1 unspecified atom stereocenters. The summed E-state index contributed by atoms with van der Waals surface area (Å²) in [5, 5.41) is 11.3. The van der Waals surface area contributed by atoms with Crippen LogP contribution in [-0.4, -0.2) is 45.9 Å². The lowest BCUT2D eigenvalue weighted by molar-refractivity contribution is 0.00629. The third kappa shape index (κ3) is 2.99. The van der Waals surface area contributed by atoms with E-state index in [0.29, 0.717) is 47.3 Å². The Kier molecular flexibility index (Phi) is 5.10. The summed E-state index contributed by atoms with van der Waals surface area (Å²) in [4.78, 5) is 0. The van der Waals surface area contributed by atoms with Crippen molar-refractivity contribution in [3.05, 3.63) is 23.3 Å². The summed E-state index contributed by atoms with van der Waals surface area (Å²) in [7, 11) is 6.37. The third-order valence-electron chi connectivity index (χ3n) is 6.20. The summed E-state index contributed by atoms with van der Waals surface area (Å²) in [5.41, 5.74) is 2.57. The molecule has 0 aromatic heterocycles. The van der Waals surface area contributed by atoms with Gasteiger partial charge in [-0.05, 0) is 42.5 Å². The van der Waals surface area contributed by atoms with E-state index < -0.39 is 5.60 Å². The maximum atomic E-state index is 11.3. The van der Waals surface area contributed by atoms with E-state index in [1.165, 1.54) is 0 Å². The smallest absolute Gasteiger partial charge is 0.231 e. The fourth-order valence-electron chi connectivity index (χ4n) is 4.42. The van der Waals surface area contributed by atoms with Gasteiger partial charge in [-0.3, -0.25) is 0 Å². The number of benzene rings is 2. The van der Waals surface area contributed by atoms with Crippen molar-refractivity contribution in [3.8, 4) is 45.6 Å². The Labute approximate surface area is 176 Å². The second-order valence-electron chi connectivity index (χ2n) is 8.00. The molecule has 2 aromatic rings. The van der Waals surface area contributed by atoms with Crippen LogP contribution in [0.5, 0.6) is 34.5 Å². The molecule has 4 rings (SSSR count). The summed E-state index contributed by atoms with van der Waals surface area (Å²) >= 11 is 0. The lowest BCUT2D eigenvalue weighted by Crippen LogP contribution is -2.37. The molecule has 1 N–H and O–H groups in total. The van der Waals surface area contributed by atoms with Gasteiger partial charge in [0.15, 0.2) is 23.0 Å². The normalized spacial score (nSPS) is 21.8. The molecule has 0 saturated heterocycles. The molecular formula is C23H28O7. The first-order valence-electron chi connectivity index (χ1n) is 9.90. The van der Waals surface area contributed by atoms with Gasteiger partial charge in [-0.2, -0.15) is 0 Å². The van der Waals surface area contributed by atoms with Crippen molar-refractivity contribution in [3.63, 3.8) is 0 Å². The average Bonchev–Trinajstić information content (AvgIpc) is 3.19. The molecule has 7 nitrogen and oxygen atoms in total. The molecule has 0 radical (unpaired) electrons. The molecule has 1 aliphatic carbocycles. The Morgan fingerprint density at radius 1 is 0.900 bits per heavy atom. The zero-order chi connectivity index (χ0) is 21.6. The highest BCUT2D eigenvalue weighted by atomic mass is 16.7. The minimum Gasteiger partial charge on any atom is -0.493 e. The Hall–Kier alpha value is -2.80. The van der Waals surface area contributed by atoms with Gasteiger partial charge < -0.3 is 33.5 Å². The minimum absolute atomic E-state index is 0.0198. The molecule has 0 fully saturated rings. The molecule has 2 atom stereocenters. The maximum Gasteiger partial charge on any atom is 0.231 e. The first kappa shape index (κ1) is 20.5. The van der Waals surface area contributed by atoms with Gasteiger partial charge in [-0.1, -0.05) is 6.92 Å². The van der Waals surface area contributed by atoms with E-state index in [1.54, 1.807) is 28.4 Å². The van der Waals surface area contributed by atoms with Gasteiger partial charge >= 0.3 is 0 Å². The quantitative estimate of drug-likeness (QED) is 0.816. The van der Waals surface area contributed by atoms with Crippen LogP contribution in [0.1, 0.15) is 25.0 Å². The highest BCUT2D eigenvalue weighted by Crippen LogP contribution is 2.56. The van der Waals surface area contributed by atoms with Crippen LogP contribution in [0.15, 0.2) is 12.1 Å². The van der Waals surface area contributed by atoms with Crippen LogP contribution in [0.4, 0.5) is 0 Å². The molecule has 0 amide bonds. The highest BCUT2D eigenvalue weighted by Gasteiger charge is 2.38. The standard InChI is InChI=1S/C23H28O7/c1-12-7-13-8-16-20(30-11-29-16)22(28-6)17(13)18-14(10-23(12,2)24)9-15(25-3)19(26-4)21(18)27-5/h8-9,12,24H,7,10-11H2,1-6H3/t12?,23-/m1/s1. The van der Waals surface area contributed by atoms with E-state index in [4.69, 9.17) is 28.4 Å². The minimum atomic E-state index is -0.944. The molecule has 30 heavy (non-hydrogen) atoms. The summed E-state index contributed by atoms with van der Waals surface area (Å²) < 4.78 is 34.2. The molecule has 2 aliphatic rings. The van der Waals surface area contributed by atoms with Crippen LogP contribution in [0.25, 0.3) is 11.1 Å². The lowest BCUT2D eigenvalue weighted by atomic mass is 9.75. The van der Waals surface area contributed by atoms with Crippen molar-refractivity contribution in [1.29, 1.82) is 0 Å². The summed E-state index contributed by atoms with van der Waals surface area (Å²) in [6, 6.07) is 3.87. The topological polar surface area (TPSA) is 75.6 Å². The first-order valence-corrected chi connectivity index (χ1v) is 9.90. The van der Waals surface area contributed by atoms with Crippen molar-refractivity contribution < 1.29 is 33.5 Å². The van der Waals surface area contributed by atoms with Crippen LogP contribution in [0.3, 0.4) is 0 Å². The molecule has 0 bridgehead atoms. The van der Waals surface area contributed by atoms with E-state index in [9.17, 15) is 5.11 Å². The predicted molar refractivity (Wildman–Crippen MR) is 111 cm³/mol. The van der Waals surface area contributed by atoms with Crippen LogP contribution in [0, 0.1) is 5.92 Å². The SMILES string of the molecule is COc1cc2c(c(OC)c1OC)-c1c(cc3c(c1OC)OCO3)CC(C)[C@](C)(O)C2. The van der Waals surface area contributed by atoms with Gasteiger partial charge in [-0.15, -0.1) is 0 Å². The first-order chi connectivity index (χ1) is 14.4. The Morgan fingerprint density at radius 2 is 1.57 bits per heavy atom. The van der Waals surface area contributed by atoms with Crippen LogP contribution < -0.4 is 28.4 Å². The molecular weight excluding hydrogens is 388 g/mol. The fraction of sp³-hybridized carbons (Fsp3) is 0.478. The molecule has 0 spiro atoms. The monoisotopic (exact) mass is 416 g/mol. The number of aliphatic hydroxyl groups is 1. The molecule has 1 aliphatic heterocycles. The number of hydrogen-bond donors (Lipinski definition) is 1. The van der Waals surface area contributed by atoms with Crippen LogP contribution in [0.2, 0.25) is 0 Å². The van der Waals surface area contributed by atoms with E-state index >= 15 is 0 Å². The third-order valence-corrected chi connectivity index (χ3v) is 6.20. The zero-order valence-corrected chi connectivity index (χ0v) is 18.3. The summed E-state index contributed by atoms with van der Waals surface area (Å²) in [6.07, 6.45) is 1.05. The molecule has 162 valence electrons. The van der Waals surface area contributed by atoms with E-state index in [1.807, 2.05) is 26.0 Å². The van der Waals surface area contributed by atoms with E-state index in [2.05, 4.69) is 0 Å². The van der Waals surface area contributed by atoms with Gasteiger partial charge in [0.25, 0.3) is 0 Å². The van der Waals surface area contributed by atoms with Crippen molar-refractivity contribution in [2.45, 2.75) is 32.3 Å². The van der Waals surface area contributed by atoms with Crippen molar-refractivity contribution in [1.82, 2.24) is 0 Å². The molecule has 2 aromatic carbocycles. The summed E-state index contributed by atoms with van der Waals surface area (Å²) in [5.74, 6) is 3.32. The largest absolute Gasteiger partial charge is 0.493 e. The highest BCUT2D eigenvalue weighted by molar-refractivity contribution is 5.88. The van der Waals surface area contributed by atoms with Crippen LogP contribution >= 0.6 is 0 Å².